The van der Waals surface area contributed by atoms with E-state index in [0.29, 0.717) is 16.3 Å². The Morgan fingerprint density at radius 2 is 2.29 bits per heavy atom. The molecule has 1 aliphatic heterocycles. The molecule has 3 heterocycles. The van der Waals surface area contributed by atoms with Gasteiger partial charge in [0.25, 0.3) is 5.56 Å². The summed E-state index contributed by atoms with van der Waals surface area (Å²) in [6.07, 6.45) is 3.79. The zero-order chi connectivity index (χ0) is 17.3. The quantitative estimate of drug-likeness (QED) is 0.907. The molecular weight excluding hydrogens is 326 g/mol. The average molecular weight is 349 g/mol. The second-order valence-electron chi connectivity index (χ2n) is 6.74. The van der Waals surface area contributed by atoms with Gasteiger partial charge in [-0.2, -0.15) is 4.98 Å². The largest absolute Gasteiger partial charge is 0.352 e. The summed E-state index contributed by atoms with van der Waals surface area (Å²) in [7, 11) is 0. The van der Waals surface area contributed by atoms with Crippen molar-refractivity contribution in [3.8, 4) is 0 Å². The molecule has 2 aromatic rings. The fraction of sp³-hybridized carbons (Fsp3) is 0.625. The summed E-state index contributed by atoms with van der Waals surface area (Å²) < 4.78 is 1.86. The monoisotopic (exact) mass is 349 g/mol. The molecule has 0 saturated carbocycles. The number of hydrogen-bond acceptors (Lipinski definition) is 6. The highest BCUT2D eigenvalue weighted by atomic mass is 32.1. The summed E-state index contributed by atoms with van der Waals surface area (Å²) in [5.41, 5.74) is 0.270. The average Bonchev–Trinajstić information content (AvgIpc) is 2.94. The van der Waals surface area contributed by atoms with Gasteiger partial charge in [-0.3, -0.25) is 14.2 Å². The van der Waals surface area contributed by atoms with Crippen molar-refractivity contribution in [2.24, 2.45) is 5.92 Å². The van der Waals surface area contributed by atoms with Crippen LogP contribution in [0.5, 0.6) is 0 Å². The van der Waals surface area contributed by atoms with Gasteiger partial charge in [0.15, 0.2) is 10.8 Å². The Morgan fingerprint density at radius 1 is 1.50 bits per heavy atom. The van der Waals surface area contributed by atoms with Crippen LogP contribution in [0, 0.1) is 5.92 Å². The lowest BCUT2D eigenvalue weighted by atomic mass is 10.0. The van der Waals surface area contributed by atoms with Crippen molar-refractivity contribution >= 4 is 32.7 Å². The maximum Gasteiger partial charge on any atom is 0.273 e. The summed E-state index contributed by atoms with van der Waals surface area (Å²) in [5.74, 6) is 0.443. The number of piperidine rings is 1. The third-order valence-electron chi connectivity index (χ3n) is 4.06. The Bertz CT molecular complexity index is 797. The molecular formula is C16H23N5O2S. The van der Waals surface area contributed by atoms with Crippen LogP contribution < -0.4 is 15.8 Å². The first kappa shape index (κ1) is 16.9. The minimum Gasteiger partial charge on any atom is -0.352 e. The van der Waals surface area contributed by atoms with Gasteiger partial charge in [-0.05, 0) is 32.6 Å². The summed E-state index contributed by atoms with van der Waals surface area (Å²) in [4.78, 5) is 35.5. The Morgan fingerprint density at radius 3 is 3.00 bits per heavy atom. The number of thiazole rings is 1. The van der Waals surface area contributed by atoms with Gasteiger partial charge in [0, 0.05) is 19.1 Å². The molecule has 2 aromatic heterocycles. The van der Waals surface area contributed by atoms with E-state index in [0.717, 1.165) is 24.6 Å². The van der Waals surface area contributed by atoms with Crippen molar-refractivity contribution < 1.29 is 4.79 Å². The summed E-state index contributed by atoms with van der Waals surface area (Å²) in [6, 6.07) is 0.0426. The highest BCUT2D eigenvalue weighted by Crippen LogP contribution is 2.28. The molecule has 0 spiro atoms. The van der Waals surface area contributed by atoms with Crippen molar-refractivity contribution in [1.29, 1.82) is 0 Å². The molecule has 0 unspecified atom stereocenters. The van der Waals surface area contributed by atoms with Crippen LogP contribution in [0.4, 0.5) is 5.13 Å². The van der Waals surface area contributed by atoms with E-state index in [1.165, 1.54) is 28.7 Å². The van der Waals surface area contributed by atoms with Crippen molar-refractivity contribution in [3.63, 3.8) is 0 Å². The Hall–Kier alpha value is -1.96. The number of aromatic nitrogens is 3. The molecule has 130 valence electrons. The van der Waals surface area contributed by atoms with Gasteiger partial charge in [0.1, 0.15) is 17.6 Å². The molecule has 1 saturated heterocycles. The number of amides is 1. The second-order valence-corrected chi connectivity index (χ2v) is 7.72. The van der Waals surface area contributed by atoms with Gasteiger partial charge < -0.3 is 10.2 Å². The minimum atomic E-state index is -0.201. The molecule has 24 heavy (non-hydrogen) atoms. The van der Waals surface area contributed by atoms with E-state index >= 15 is 0 Å². The lowest BCUT2D eigenvalue weighted by Crippen LogP contribution is -2.36. The predicted molar refractivity (Wildman–Crippen MR) is 95.6 cm³/mol. The van der Waals surface area contributed by atoms with E-state index in [1.807, 2.05) is 13.8 Å². The first-order valence-corrected chi connectivity index (χ1v) is 9.16. The topological polar surface area (TPSA) is 80.1 Å². The standard InChI is InChI=1S/C16H23N5O2S/c1-10(2)18-12(22)8-21-9-17-14-13(15(21)23)24-16(19-14)20-6-4-5-11(3)7-20/h9-11H,4-8H2,1-3H3,(H,18,22)/t11-/m0/s1. The maximum absolute atomic E-state index is 12.6. The SMILES string of the molecule is CC(C)NC(=O)Cn1cnc2nc(N3CCC[C@H](C)C3)sc2c1=O. The van der Waals surface area contributed by atoms with Gasteiger partial charge in [-0.15, -0.1) is 0 Å². The Kier molecular flexibility index (Phi) is 4.84. The van der Waals surface area contributed by atoms with Gasteiger partial charge in [-0.25, -0.2) is 4.98 Å². The summed E-state index contributed by atoms with van der Waals surface area (Å²) in [5, 5.41) is 3.63. The normalized spacial score (nSPS) is 18.3. The zero-order valence-corrected chi connectivity index (χ0v) is 15.1. The molecule has 1 aliphatic rings. The number of nitrogens with zero attached hydrogens (tertiary/aromatic N) is 4. The lowest BCUT2D eigenvalue weighted by molar-refractivity contribution is -0.122. The first-order valence-electron chi connectivity index (χ1n) is 8.34. The van der Waals surface area contributed by atoms with E-state index in [1.54, 1.807) is 0 Å². The van der Waals surface area contributed by atoms with Gasteiger partial charge in [0.05, 0.1) is 0 Å². The molecule has 0 radical (unpaired) electrons. The molecule has 0 aliphatic carbocycles. The maximum atomic E-state index is 12.6. The van der Waals surface area contributed by atoms with Crippen LogP contribution in [0.3, 0.4) is 0 Å². The molecule has 0 aromatic carbocycles. The number of anilines is 1. The van der Waals surface area contributed by atoms with Crippen molar-refractivity contribution in [3.05, 3.63) is 16.7 Å². The number of carbonyl (C=O) groups excluding carboxylic acids is 1. The fourth-order valence-corrected chi connectivity index (χ4v) is 3.97. The van der Waals surface area contributed by atoms with E-state index in [2.05, 4.69) is 27.1 Å². The van der Waals surface area contributed by atoms with Crippen molar-refractivity contribution in [2.45, 2.75) is 46.2 Å². The lowest BCUT2D eigenvalue weighted by Gasteiger charge is -2.30. The molecule has 1 amide bonds. The van der Waals surface area contributed by atoms with E-state index in [9.17, 15) is 9.59 Å². The van der Waals surface area contributed by atoms with Gasteiger partial charge in [-0.1, -0.05) is 18.3 Å². The molecule has 8 heteroatoms. The molecule has 1 fully saturated rings. The molecule has 7 nitrogen and oxygen atoms in total. The van der Waals surface area contributed by atoms with Crippen LogP contribution in [-0.2, 0) is 11.3 Å². The van der Waals surface area contributed by atoms with Crippen LogP contribution >= 0.6 is 11.3 Å². The highest BCUT2D eigenvalue weighted by Gasteiger charge is 2.21. The molecule has 3 rings (SSSR count). The smallest absolute Gasteiger partial charge is 0.273 e. The third kappa shape index (κ3) is 3.58. The Labute approximate surface area is 144 Å². The molecule has 0 bridgehead atoms. The van der Waals surface area contributed by atoms with Gasteiger partial charge >= 0.3 is 0 Å². The molecule has 1 N–H and O–H groups in total. The molecule has 1 atom stereocenters. The number of hydrogen-bond donors (Lipinski definition) is 1. The third-order valence-corrected chi connectivity index (χ3v) is 5.16. The van der Waals surface area contributed by atoms with Crippen LogP contribution in [0.25, 0.3) is 10.3 Å². The predicted octanol–water partition coefficient (Wildman–Crippen LogP) is 1.61. The number of carbonyl (C=O) groups is 1. The Balaban J connectivity index is 1.86. The highest BCUT2D eigenvalue weighted by molar-refractivity contribution is 7.22. The van der Waals surface area contributed by atoms with Crippen LogP contribution in [0.1, 0.15) is 33.6 Å². The minimum absolute atomic E-state index is 0.0199. The van der Waals surface area contributed by atoms with Gasteiger partial charge in [0.2, 0.25) is 5.91 Å². The van der Waals surface area contributed by atoms with Crippen molar-refractivity contribution in [1.82, 2.24) is 19.9 Å². The first-order chi connectivity index (χ1) is 11.4. The zero-order valence-electron chi connectivity index (χ0n) is 14.3. The van der Waals surface area contributed by atoms with Crippen LogP contribution in [0.15, 0.2) is 11.1 Å². The van der Waals surface area contributed by atoms with Crippen LogP contribution in [-0.4, -0.2) is 39.6 Å². The number of nitrogens with one attached hydrogen (secondary N) is 1. The summed E-state index contributed by atoms with van der Waals surface area (Å²) in [6.45, 7) is 7.92. The van der Waals surface area contributed by atoms with E-state index < -0.39 is 0 Å². The van der Waals surface area contributed by atoms with E-state index in [4.69, 9.17) is 0 Å². The van der Waals surface area contributed by atoms with Crippen LogP contribution in [0.2, 0.25) is 0 Å². The number of rotatable bonds is 4. The van der Waals surface area contributed by atoms with E-state index in [-0.39, 0.29) is 24.1 Å². The number of fused-ring (bicyclic) bond motifs is 1. The second kappa shape index (κ2) is 6.88. The van der Waals surface area contributed by atoms with Crippen molar-refractivity contribution in [2.75, 3.05) is 18.0 Å². The summed E-state index contributed by atoms with van der Waals surface area (Å²) >= 11 is 1.37. The fourth-order valence-electron chi connectivity index (χ4n) is 2.97.